The van der Waals surface area contributed by atoms with Crippen molar-refractivity contribution in [1.29, 1.82) is 0 Å². The molecule has 0 saturated carbocycles. The van der Waals surface area contributed by atoms with Gasteiger partial charge in [0.1, 0.15) is 0 Å². The lowest BCUT2D eigenvalue weighted by Crippen LogP contribution is -2.42. The van der Waals surface area contributed by atoms with Gasteiger partial charge < -0.3 is 15.5 Å². The molecule has 1 amide bonds. The molecule has 0 heterocycles. The molecule has 3 N–H and O–H groups in total. The van der Waals surface area contributed by atoms with Gasteiger partial charge in [-0.1, -0.05) is 38.1 Å². The Labute approximate surface area is 117 Å². The number of amides is 1. The molecule has 1 rings (SSSR count). The van der Waals surface area contributed by atoms with Crippen molar-refractivity contribution in [1.82, 2.24) is 5.32 Å². The molecule has 1 atom stereocenters. The molecule has 1 unspecified atom stereocenters. The first-order valence-corrected chi connectivity index (χ1v) is 6.36. The number of aliphatic carboxylic acids is 1. The van der Waals surface area contributed by atoms with Gasteiger partial charge in [-0.05, 0) is 23.1 Å². The van der Waals surface area contributed by atoms with Crippen molar-refractivity contribution in [3.8, 4) is 0 Å². The monoisotopic (exact) mass is 277 g/mol. The van der Waals surface area contributed by atoms with Crippen LogP contribution in [-0.2, 0) is 9.59 Å². The number of rotatable bonds is 6. The van der Waals surface area contributed by atoms with Crippen LogP contribution < -0.4 is 5.32 Å². The summed E-state index contributed by atoms with van der Waals surface area (Å²) >= 11 is 0. The number of carboxylic acid groups (broad SMARTS) is 1. The summed E-state index contributed by atoms with van der Waals surface area (Å²) in [5.41, 5.74) is 2.05. The van der Waals surface area contributed by atoms with Gasteiger partial charge >= 0.3 is 5.97 Å². The normalized spacial score (nSPS) is 12.6. The van der Waals surface area contributed by atoms with Gasteiger partial charge in [-0.15, -0.1) is 0 Å². The van der Waals surface area contributed by atoms with Gasteiger partial charge in [-0.25, -0.2) is 4.79 Å². The van der Waals surface area contributed by atoms with E-state index in [9.17, 15) is 9.59 Å². The Balaban J connectivity index is 2.63. The molecule has 0 aromatic heterocycles. The predicted molar refractivity (Wildman–Crippen MR) is 76.2 cm³/mol. The fourth-order valence-corrected chi connectivity index (χ4v) is 1.57. The number of aliphatic hydroxyl groups is 1. The highest BCUT2D eigenvalue weighted by Gasteiger charge is 2.16. The molecular weight excluding hydrogens is 258 g/mol. The van der Waals surface area contributed by atoms with Crippen LogP contribution in [-0.4, -0.2) is 34.7 Å². The molecule has 1 aromatic rings. The first kappa shape index (κ1) is 15.9. The molecule has 5 nitrogen and oxygen atoms in total. The molecule has 0 bridgehead atoms. The van der Waals surface area contributed by atoms with E-state index in [2.05, 4.69) is 19.2 Å². The lowest BCUT2D eigenvalue weighted by atomic mass is 10.0. The predicted octanol–water partition coefficient (Wildman–Crippen LogP) is 1.38. The zero-order chi connectivity index (χ0) is 15.1. The highest BCUT2D eigenvalue weighted by Crippen LogP contribution is 2.15. The van der Waals surface area contributed by atoms with Crippen LogP contribution in [0.5, 0.6) is 0 Å². The van der Waals surface area contributed by atoms with E-state index < -0.39 is 24.5 Å². The summed E-state index contributed by atoms with van der Waals surface area (Å²) in [5, 5.41) is 19.7. The van der Waals surface area contributed by atoms with Crippen molar-refractivity contribution in [2.45, 2.75) is 25.8 Å². The largest absolute Gasteiger partial charge is 0.480 e. The van der Waals surface area contributed by atoms with Crippen LogP contribution in [0.15, 0.2) is 30.3 Å². The first-order chi connectivity index (χ1) is 9.43. The first-order valence-electron chi connectivity index (χ1n) is 6.36. The summed E-state index contributed by atoms with van der Waals surface area (Å²) in [5.74, 6) is -1.38. The number of carbonyl (C=O) groups is 2. The summed E-state index contributed by atoms with van der Waals surface area (Å²) in [6.45, 7) is 3.55. The van der Waals surface area contributed by atoms with E-state index in [0.29, 0.717) is 5.92 Å². The minimum atomic E-state index is -1.28. The Bertz CT molecular complexity index is 491. The number of hydrogen-bond donors (Lipinski definition) is 3. The molecule has 0 fully saturated rings. The van der Waals surface area contributed by atoms with Crippen LogP contribution in [0.1, 0.15) is 30.9 Å². The number of benzene rings is 1. The van der Waals surface area contributed by atoms with Crippen LogP contribution >= 0.6 is 0 Å². The van der Waals surface area contributed by atoms with E-state index in [4.69, 9.17) is 10.2 Å². The lowest BCUT2D eigenvalue weighted by molar-refractivity contribution is -0.142. The topological polar surface area (TPSA) is 86.6 Å². The van der Waals surface area contributed by atoms with E-state index in [-0.39, 0.29) is 0 Å². The van der Waals surface area contributed by atoms with Gasteiger partial charge in [0.2, 0.25) is 5.91 Å². The fourth-order valence-electron chi connectivity index (χ4n) is 1.57. The molecule has 0 aliphatic rings. The number of carboxylic acids is 1. The molecule has 0 spiro atoms. The van der Waals surface area contributed by atoms with E-state index in [1.54, 1.807) is 6.08 Å². The summed E-state index contributed by atoms with van der Waals surface area (Å²) in [6.07, 6.45) is 2.84. The summed E-state index contributed by atoms with van der Waals surface area (Å²) < 4.78 is 0. The number of hydrogen-bond acceptors (Lipinski definition) is 3. The molecule has 1 aromatic carbocycles. The van der Waals surface area contributed by atoms with Crippen molar-refractivity contribution in [2.24, 2.45) is 0 Å². The van der Waals surface area contributed by atoms with Crippen molar-refractivity contribution >= 4 is 18.0 Å². The summed E-state index contributed by atoms with van der Waals surface area (Å²) in [7, 11) is 0. The quantitative estimate of drug-likeness (QED) is 0.686. The molecule has 0 radical (unpaired) electrons. The van der Waals surface area contributed by atoms with Crippen LogP contribution in [0.2, 0.25) is 0 Å². The van der Waals surface area contributed by atoms with Gasteiger partial charge in [0, 0.05) is 6.08 Å². The molecule has 0 aliphatic heterocycles. The van der Waals surface area contributed by atoms with Crippen LogP contribution in [0.4, 0.5) is 0 Å². The maximum absolute atomic E-state index is 11.5. The summed E-state index contributed by atoms with van der Waals surface area (Å²) in [6, 6.07) is 6.46. The lowest BCUT2D eigenvalue weighted by Gasteiger charge is -2.09. The second kappa shape index (κ2) is 7.45. The van der Waals surface area contributed by atoms with Gasteiger partial charge in [-0.3, -0.25) is 4.79 Å². The zero-order valence-electron chi connectivity index (χ0n) is 11.5. The van der Waals surface area contributed by atoms with Crippen molar-refractivity contribution in [3.63, 3.8) is 0 Å². The zero-order valence-corrected chi connectivity index (χ0v) is 11.5. The van der Waals surface area contributed by atoms with Gasteiger partial charge in [-0.2, -0.15) is 0 Å². The molecule has 0 aliphatic carbocycles. The van der Waals surface area contributed by atoms with E-state index in [0.717, 1.165) is 5.56 Å². The highest BCUT2D eigenvalue weighted by molar-refractivity contribution is 5.94. The second-order valence-electron chi connectivity index (χ2n) is 4.74. The number of nitrogens with one attached hydrogen (secondary N) is 1. The fraction of sp³-hybridized carbons (Fsp3) is 0.333. The van der Waals surface area contributed by atoms with Crippen molar-refractivity contribution < 1.29 is 19.8 Å². The average Bonchev–Trinajstić information content (AvgIpc) is 2.42. The molecule has 20 heavy (non-hydrogen) atoms. The van der Waals surface area contributed by atoms with E-state index in [1.165, 1.54) is 11.6 Å². The molecular formula is C15H19NO4. The average molecular weight is 277 g/mol. The molecule has 5 heteroatoms. The smallest absolute Gasteiger partial charge is 0.328 e. The van der Waals surface area contributed by atoms with Gasteiger partial charge in [0.15, 0.2) is 6.04 Å². The van der Waals surface area contributed by atoms with Crippen molar-refractivity contribution in [3.05, 3.63) is 41.5 Å². The van der Waals surface area contributed by atoms with Gasteiger partial charge in [0.05, 0.1) is 6.61 Å². The van der Waals surface area contributed by atoms with Crippen LogP contribution in [0, 0.1) is 0 Å². The third-order valence-corrected chi connectivity index (χ3v) is 2.83. The number of carbonyl (C=O) groups excluding carboxylic acids is 1. The highest BCUT2D eigenvalue weighted by atomic mass is 16.4. The Morgan fingerprint density at radius 3 is 2.30 bits per heavy atom. The maximum atomic E-state index is 11.5. The van der Waals surface area contributed by atoms with E-state index >= 15 is 0 Å². The standard InChI is InChI=1S/C15H19NO4/c1-10(2)12-6-3-11(4-7-12)5-8-14(18)16-13(9-17)15(19)20/h3-8,10,13,17H,9H2,1-2H3,(H,16,18)(H,19,20)/b8-5+. The van der Waals surface area contributed by atoms with Crippen molar-refractivity contribution in [2.75, 3.05) is 6.61 Å². The number of aliphatic hydroxyl groups excluding tert-OH is 1. The Hall–Kier alpha value is -2.14. The third kappa shape index (κ3) is 4.85. The minimum Gasteiger partial charge on any atom is -0.480 e. The summed E-state index contributed by atoms with van der Waals surface area (Å²) in [4.78, 5) is 22.1. The molecule has 108 valence electrons. The minimum absolute atomic E-state index is 0.442. The Morgan fingerprint density at radius 2 is 1.85 bits per heavy atom. The van der Waals surface area contributed by atoms with Crippen LogP contribution in [0.3, 0.4) is 0 Å². The Morgan fingerprint density at radius 1 is 1.25 bits per heavy atom. The van der Waals surface area contributed by atoms with Gasteiger partial charge in [0.25, 0.3) is 0 Å². The third-order valence-electron chi connectivity index (χ3n) is 2.83. The SMILES string of the molecule is CC(C)c1ccc(/C=C/C(=O)NC(CO)C(=O)O)cc1. The molecule has 0 saturated heterocycles. The second-order valence-corrected chi connectivity index (χ2v) is 4.74. The maximum Gasteiger partial charge on any atom is 0.328 e. The van der Waals surface area contributed by atoms with E-state index in [1.807, 2.05) is 24.3 Å². The van der Waals surface area contributed by atoms with Crippen LogP contribution in [0.25, 0.3) is 6.08 Å². The Kier molecular flexibility index (Phi) is 5.93.